The lowest BCUT2D eigenvalue weighted by Crippen LogP contribution is -2.48. The normalized spacial score (nSPS) is 28.0. The van der Waals surface area contributed by atoms with Gasteiger partial charge in [0, 0.05) is 24.2 Å². The second-order valence-corrected chi connectivity index (χ2v) is 13.6. The number of carboxylic acid groups (broad SMARTS) is 1. The third kappa shape index (κ3) is 5.58. The van der Waals surface area contributed by atoms with Gasteiger partial charge in [0.1, 0.15) is 17.7 Å². The number of nitriles is 1. The number of carbonyl (C=O) groups is 1. The average molecular weight is 590 g/mol. The van der Waals surface area contributed by atoms with Crippen molar-refractivity contribution in [2.24, 2.45) is 28.7 Å². The van der Waals surface area contributed by atoms with Gasteiger partial charge in [-0.3, -0.25) is 10.1 Å². The molecule has 3 heterocycles. The number of allylic oxidation sites excluding steroid dienone is 1. The Morgan fingerprint density at radius 1 is 1.23 bits per heavy atom. The number of aliphatic carboxylic acids is 1. The summed E-state index contributed by atoms with van der Waals surface area (Å²) in [5.41, 5.74) is 4.46. The number of nitrogens with zero attached hydrogens (tertiary/aromatic N) is 7. The van der Waals surface area contributed by atoms with E-state index in [9.17, 15) is 20.4 Å². The molecule has 11 heteroatoms. The lowest BCUT2D eigenvalue weighted by atomic mass is 9.66. The highest BCUT2D eigenvalue weighted by atomic mass is 17.1. The van der Waals surface area contributed by atoms with Crippen LogP contribution in [-0.2, 0) is 9.68 Å². The molecule has 1 aliphatic carbocycles. The van der Waals surface area contributed by atoms with E-state index in [0.717, 1.165) is 36.1 Å². The number of aryl methyl sites for hydroxylation is 1. The number of benzene rings is 1. The first kappa shape index (κ1) is 30.8. The molecular weight excluding hydrogens is 546 g/mol. The number of rotatable bonds is 8. The summed E-state index contributed by atoms with van der Waals surface area (Å²) < 4.78 is 1.48. The standard InChI is InChI=1S/C32H43N7O4/c1-17-11-19(3)27(20(4)12-17)29(43-42)28-23(16-33)30(39-31(28)35-36-37-39)34-24-14-22-21(5)15-32(6,7)38(10-8-9-26(40)41)25(22)13-18(24)2/h13-14,17,19-21,27,29,42H,8-12,15H2,1-7H3,(H,40,41). The van der Waals surface area contributed by atoms with Crippen molar-refractivity contribution in [1.82, 2.24) is 20.2 Å². The molecule has 4 atom stereocenters. The van der Waals surface area contributed by atoms with Crippen molar-refractivity contribution in [2.45, 2.75) is 98.1 Å². The molecule has 2 N–H and O–H groups in total. The molecule has 0 saturated heterocycles. The smallest absolute Gasteiger partial charge is 0.303 e. The van der Waals surface area contributed by atoms with E-state index in [-0.39, 0.29) is 41.2 Å². The van der Waals surface area contributed by atoms with Crippen LogP contribution in [0.3, 0.4) is 0 Å². The first-order chi connectivity index (χ1) is 20.4. The molecule has 3 aliphatic rings. The largest absolute Gasteiger partial charge is 0.481 e. The molecule has 0 bridgehead atoms. The first-order valence-electron chi connectivity index (χ1n) is 15.3. The van der Waals surface area contributed by atoms with Gasteiger partial charge in [-0.2, -0.15) is 9.94 Å². The van der Waals surface area contributed by atoms with Crippen LogP contribution in [0.1, 0.15) is 96.5 Å². The second kappa shape index (κ2) is 11.8. The Hall–Kier alpha value is -3.62. The number of hydrogen-bond acceptors (Lipinski definition) is 9. The summed E-state index contributed by atoms with van der Waals surface area (Å²) in [7, 11) is 0. The van der Waals surface area contributed by atoms with Crippen molar-refractivity contribution in [3.05, 3.63) is 34.7 Å². The summed E-state index contributed by atoms with van der Waals surface area (Å²) in [6.45, 7) is 15.8. The van der Waals surface area contributed by atoms with Crippen molar-refractivity contribution in [3.63, 3.8) is 0 Å². The number of hydrogen-bond donors (Lipinski definition) is 2. The number of carboxylic acids is 1. The van der Waals surface area contributed by atoms with Gasteiger partial charge in [0.15, 0.2) is 11.7 Å². The van der Waals surface area contributed by atoms with Crippen LogP contribution in [0.5, 0.6) is 0 Å². The Morgan fingerprint density at radius 3 is 2.56 bits per heavy atom. The zero-order chi connectivity index (χ0) is 31.2. The molecule has 1 aromatic carbocycles. The number of aliphatic imine (C=N–C) groups is 1. The first-order valence-corrected chi connectivity index (χ1v) is 15.3. The summed E-state index contributed by atoms with van der Waals surface area (Å²) in [5, 5.41) is 42.2. The summed E-state index contributed by atoms with van der Waals surface area (Å²) in [6, 6.07) is 6.51. The SMILES string of the molecule is Cc1cc2c(cc1N=C1C(C#N)=C(C(OO)C3C(C)CC(C)CC3C)c3nnnn31)C(C)CC(C)(C)N2CCCC(=O)O. The number of aromatic nitrogens is 4. The van der Waals surface area contributed by atoms with E-state index in [1.165, 1.54) is 4.68 Å². The van der Waals surface area contributed by atoms with Crippen LogP contribution < -0.4 is 4.90 Å². The lowest BCUT2D eigenvalue weighted by Gasteiger charge is -2.48. The topological polar surface area (TPSA) is 150 Å². The fourth-order valence-electron chi connectivity index (χ4n) is 8.14. The Bertz CT molecular complexity index is 1490. The summed E-state index contributed by atoms with van der Waals surface area (Å²) in [5.74, 6) is 1.21. The molecule has 230 valence electrons. The summed E-state index contributed by atoms with van der Waals surface area (Å²) >= 11 is 0. The molecule has 0 amide bonds. The van der Waals surface area contributed by atoms with Crippen molar-refractivity contribution >= 4 is 28.8 Å². The second-order valence-electron chi connectivity index (χ2n) is 13.6. The highest BCUT2D eigenvalue weighted by Gasteiger charge is 2.45. The Morgan fingerprint density at radius 2 is 1.93 bits per heavy atom. The maximum atomic E-state index is 11.2. The Balaban J connectivity index is 1.58. The van der Waals surface area contributed by atoms with E-state index in [0.29, 0.717) is 41.8 Å². The van der Waals surface area contributed by atoms with Crippen LogP contribution in [0.2, 0.25) is 0 Å². The van der Waals surface area contributed by atoms with Crippen LogP contribution in [0.4, 0.5) is 11.4 Å². The molecule has 4 unspecified atom stereocenters. The van der Waals surface area contributed by atoms with Gasteiger partial charge >= 0.3 is 5.97 Å². The van der Waals surface area contributed by atoms with Gasteiger partial charge < -0.3 is 10.0 Å². The van der Waals surface area contributed by atoms with E-state index in [1.807, 2.05) is 6.92 Å². The molecule has 11 nitrogen and oxygen atoms in total. The maximum Gasteiger partial charge on any atom is 0.303 e. The van der Waals surface area contributed by atoms with Gasteiger partial charge in [-0.1, -0.05) is 27.7 Å². The minimum Gasteiger partial charge on any atom is -0.481 e. The molecular formula is C32H43N7O4. The number of fused-ring (bicyclic) bond motifs is 2. The van der Waals surface area contributed by atoms with Gasteiger partial charge in [-0.25, -0.2) is 9.88 Å². The van der Waals surface area contributed by atoms with Crippen LogP contribution >= 0.6 is 0 Å². The van der Waals surface area contributed by atoms with Gasteiger partial charge in [0.2, 0.25) is 0 Å². The van der Waals surface area contributed by atoms with Crippen molar-refractivity contribution in [1.29, 1.82) is 5.26 Å². The van der Waals surface area contributed by atoms with Gasteiger partial charge in [0.05, 0.1) is 11.3 Å². The van der Waals surface area contributed by atoms with E-state index in [2.05, 4.69) is 80.2 Å². The average Bonchev–Trinajstić information content (AvgIpc) is 3.49. The van der Waals surface area contributed by atoms with Crippen molar-refractivity contribution in [3.8, 4) is 6.07 Å². The molecule has 2 aliphatic heterocycles. The molecule has 1 fully saturated rings. The van der Waals surface area contributed by atoms with Crippen LogP contribution in [-0.4, -0.2) is 60.6 Å². The summed E-state index contributed by atoms with van der Waals surface area (Å²) in [6.07, 6.45) is 2.83. The third-order valence-electron chi connectivity index (χ3n) is 9.83. The zero-order valence-electron chi connectivity index (χ0n) is 26.2. The van der Waals surface area contributed by atoms with Gasteiger partial charge in [-0.05, 0) is 110 Å². The Kier molecular flexibility index (Phi) is 8.47. The minimum absolute atomic E-state index is 0.0224. The molecule has 0 spiro atoms. The zero-order valence-corrected chi connectivity index (χ0v) is 26.2. The molecule has 1 aromatic heterocycles. The monoisotopic (exact) mass is 589 g/mol. The van der Waals surface area contributed by atoms with E-state index < -0.39 is 12.1 Å². The van der Waals surface area contributed by atoms with Gasteiger partial charge in [-0.15, -0.1) is 5.10 Å². The lowest BCUT2D eigenvalue weighted by molar-refractivity contribution is -0.282. The molecule has 0 radical (unpaired) electrons. The van der Waals surface area contributed by atoms with Crippen LogP contribution in [0.25, 0.3) is 5.57 Å². The maximum absolute atomic E-state index is 11.2. The molecule has 2 aromatic rings. The van der Waals surface area contributed by atoms with Crippen molar-refractivity contribution in [2.75, 3.05) is 11.4 Å². The van der Waals surface area contributed by atoms with E-state index in [1.54, 1.807) is 0 Å². The predicted octanol–water partition coefficient (Wildman–Crippen LogP) is 5.98. The fourth-order valence-corrected chi connectivity index (χ4v) is 8.14. The van der Waals surface area contributed by atoms with Crippen molar-refractivity contribution < 1.29 is 20.0 Å². The summed E-state index contributed by atoms with van der Waals surface area (Å²) in [4.78, 5) is 23.7. The minimum atomic E-state index is -0.791. The molecule has 43 heavy (non-hydrogen) atoms. The molecule has 1 saturated carbocycles. The quantitative estimate of drug-likeness (QED) is 0.280. The van der Waals surface area contributed by atoms with Gasteiger partial charge in [0.25, 0.3) is 0 Å². The van der Waals surface area contributed by atoms with E-state index in [4.69, 9.17) is 9.88 Å². The Labute approximate surface area is 253 Å². The predicted molar refractivity (Wildman–Crippen MR) is 163 cm³/mol. The van der Waals surface area contributed by atoms with Crippen LogP contribution in [0.15, 0.2) is 22.7 Å². The third-order valence-corrected chi connectivity index (χ3v) is 9.83. The van der Waals surface area contributed by atoms with E-state index >= 15 is 0 Å². The molecule has 5 rings (SSSR count). The van der Waals surface area contributed by atoms with Crippen LogP contribution in [0, 0.1) is 41.9 Å². The fraction of sp³-hybridized carbons (Fsp3) is 0.625. The highest BCUT2D eigenvalue weighted by Crippen LogP contribution is 2.47. The number of tetrazole rings is 1. The highest BCUT2D eigenvalue weighted by molar-refractivity contribution is 6.15. The number of anilines is 1.